The molecule has 24 heavy (non-hydrogen) atoms. The van der Waals surface area contributed by atoms with E-state index in [-0.39, 0.29) is 11.6 Å². The molecule has 1 saturated heterocycles. The molecule has 0 radical (unpaired) electrons. The first kappa shape index (κ1) is 18.8. The molecule has 1 aliphatic rings. The molecule has 0 spiro atoms. The van der Waals surface area contributed by atoms with Crippen molar-refractivity contribution in [3.63, 3.8) is 0 Å². The highest BCUT2D eigenvalue weighted by atomic mass is 16.6. The predicted molar refractivity (Wildman–Crippen MR) is 95.8 cm³/mol. The van der Waals surface area contributed by atoms with Crippen LogP contribution in [0.4, 0.5) is 4.79 Å². The van der Waals surface area contributed by atoms with Gasteiger partial charge >= 0.3 is 6.09 Å². The Morgan fingerprint density at radius 1 is 1.33 bits per heavy atom. The van der Waals surface area contributed by atoms with Crippen LogP contribution in [-0.2, 0) is 4.74 Å². The zero-order chi connectivity index (χ0) is 18.0. The molecule has 0 aliphatic carbocycles. The summed E-state index contributed by atoms with van der Waals surface area (Å²) in [5, 5.41) is 10.3. The van der Waals surface area contributed by atoms with Gasteiger partial charge in [-0.3, -0.25) is 0 Å². The number of aliphatic hydroxyl groups is 1. The number of carbonyl (C=O) groups excluding carboxylic acids is 1. The Balaban J connectivity index is 1.91. The number of hydrogen-bond acceptors (Lipinski definition) is 3. The van der Waals surface area contributed by atoms with Crippen molar-refractivity contribution in [1.82, 2.24) is 4.90 Å². The summed E-state index contributed by atoms with van der Waals surface area (Å²) in [4.78, 5) is 14.3. The summed E-state index contributed by atoms with van der Waals surface area (Å²) < 4.78 is 5.54. The lowest BCUT2D eigenvalue weighted by Crippen LogP contribution is -2.45. The number of amides is 1. The van der Waals surface area contributed by atoms with Gasteiger partial charge in [0.15, 0.2) is 0 Å². The van der Waals surface area contributed by atoms with Crippen molar-refractivity contribution in [1.29, 1.82) is 0 Å². The molecule has 0 bridgehead atoms. The number of likely N-dealkylation sites (tertiary alicyclic amines) is 1. The smallest absolute Gasteiger partial charge is 0.410 e. The van der Waals surface area contributed by atoms with Crippen LogP contribution in [0.25, 0.3) is 0 Å². The normalized spacial score (nSPS) is 21.6. The number of ether oxygens (including phenoxy) is 1. The third kappa shape index (κ3) is 4.97. The van der Waals surface area contributed by atoms with E-state index in [1.54, 1.807) is 0 Å². The minimum atomic E-state index is -0.477. The van der Waals surface area contributed by atoms with Gasteiger partial charge in [-0.15, -0.1) is 0 Å². The first-order valence-corrected chi connectivity index (χ1v) is 8.82. The fourth-order valence-corrected chi connectivity index (χ4v) is 3.45. The minimum Gasteiger partial charge on any atom is -0.444 e. The summed E-state index contributed by atoms with van der Waals surface area (Å²) in [5.41, 5.74) is 0.276. The van der Waals surface area contributed by atoms with Crippen molar-refractivity contribution in [2.75, 3.05) is 6.54 Å². The average Bonchev–Trinajstić information content (AvgIpc) is 2.79. The molecule has 1 aromatic carbocycles. The summed E-state index contributed by atoms with van der Waals surface area (Å²) in [7, 11) is 0. The van der Waals surface area contributed by atoms with Crippen LogP contribution in [0.5, 0.6) is 0 Å². The monoisotopic (exact) mass is 333 g/mol. The second-order valence-corrected chi connectivity index (χ2v) is 8.48. The van der Waals surface area contributed by atoms with E-state index in [1.165, 1.54) is 0 Å². The van der Waals surface area contributed by atoms with Gasteiger partial charge in [-0.25, -0.2) is 4.79 Å². The van der Waals surface area contributed by atoms with Crippen molar-refractivity contribution >= 4 is 6.09 Å². The Bertz CT molecular complexity index is 548. The van der Waals surface area contributed by atoms with Crippen LogP contribution in [0.2, 0.25) is 0 Å². The highest BCUT2D eigenvalue weighted by molar-refractivity contribution is 5.69. The maximum atomic E-state index is 12.4. The molecule has 0 aromatic heterocycles. The van der Waals surface area contributed by atoms with Crippen LogP contribution in [0, 0.1) is 5.92 Å². The summed E-state index contributed by atoms with van der Waals surface area (Å²) in [5.74, 6) is 0.394. The molecule has 1 heterocycles. The van der Waals surface area contributed by atoms with Gasteiger partial charge in [0, 0.05) is 12.1 Å². The van der Waals surface area contributed by atoms with Crippen LogP contribution in [0.15, 0.2) is 30.3 Å². The van der Waals surface area contributed by atoms with Crippen molar-refractivity contribution in [3.8, 4) is 0 Å². The summed E-state index contributed by atoms with van der Waals surface area (Å²) in [6, 6.07) is 9.75. The minimum absolute atomic E-state index is 0.204. The van der Waals surface area contributed by atoms with E-state index in [0.717, 1.165) is 18.4 Å². The Morgan fingerprint density at radius 2 is 1.96 bits per heavy atom. The lowest BCUT2D eigenvalue weighted by atomic mass is 9.91. The van der Waals surface area contributed by atoms with Gasteiger partial charge < -0.3 is 14.7 Å². The van der Waals surface area contributed by atoms with E-state index >= 15 is 0 Å². The van der Waals surface area contributed by atoms with Crippen molar-refractivity contribution in [2.24, 2.45) is 5.92 Å². The molecular weight excluding hydrogens is 302 g/mol. The van der Waals surface area contributed by atoms with E-state index in [9.17, 15) is 9.90 Å². The van der Waals surface area contributed by atoms with Gasteiger partial charge in [-0.1, -0.05) is 30.3 Å². The number of rotatable bonds is 4. The van der Waals surface area contributed by atoms with Crippen LogP contribution in [0.1, 0.15) is 65.5 Å². The molecule has 1 amide bonds. The largest absolute Gasteiger partial charge is 0.444 e. The fraction of sp³-hybridized carbons (Fsp3) is 0.650. The number of nitrogens with zero attached hydrogens (tertiary/aromatic N) is 1. The van der Waals surface area contributed by atoms with Crippen LogP contribution in [-0.4, -0.2) is 33.8 Å². The maximum Gasteiger partial charge on any atom is 0.410 e. The van der Waals surface area contributed by atoms with Gasteiger partial charge in [0.05, 0.1) is 6.10 Å². The maximum absolute atomic E-state index is 12.4. The van der Waals surface area contributed by atoms with Gasteiger partial charge in [-0.05, 0) is 65.4 Å². The Labute approximate surface area is 145 Å². The second-order valence-electron chi connectivity index (χ2n) is 8.48. The molecule has 0 saturated carbocycles. The molecule has 4 heteroatoms. The lowest BCUT2D eigenvalue weighted by molar-refractivity contribution is 0.0130. The molecule has 1 N–H and O–H groups in total. The molecule has 1 fully saturated rings. The molecule has 2 rings (SSSR count). The molecule has 1 aromatic rings. The van der Waals surface area contributed by atoms with Crippen molar-refractivity contribution < 1.29 is 14.6 Å². The third-order valence-corrected chi connectivity index (χ3v) is 4.61. The summed E-state index contributed by atoms with van der Waals surface area (Å²) in [6.45, 7) is 10.5. The van der Waals surface area contributed by atoms with Crippen LogP contribution < -0.4 is 0 Å². The van der Waals surface area contributed by atoms with E-state index in [4.69, 9.17) is 4.74 Å². The first-order valence-electron chi connectivity index (χ1n) is 8.82. The van der Waals surface area contributed by atoms with Crippen LogP contribution in [0.3, 0.4) is 0 Å². The van der Waals surface area contributed by atoms with E-state index < -0.39 is 11.7 Å². The first-order chi connectivity index (χ1) is 11.1. The van der Waals surface area contributed by atoms with Gasteiger partial charge in [0.2, 0.25) is 0 Å². The number of aliphatic hydroxyl groups excluding tert-OH is 1. The van der Waals surface area contributed by atoms with E-state index in [0.29, 0.717) is 18.9 Å². The zero-order valence-corrected chi connectivity index (χ0v) is 15.6. The highest BCUT2D eigenvalue weighted by Gasteiger charge is 2.42. The zero-order valence-electron chi connectivity index (χ0n) is 15.6. The molecule has 4 nitrogen and oxygen atoms in total. The van der Waals surface area contributed by atoms with Crippen molar-refractivity contribution in [2.45, 2.75) is 71.1 Å². The SMILES string of the molecule is CC(C)(C)OC(=O)N1CC(CCC(O)c2ccccc2)CC1(C)C. The van der Waals surface area contributed by atoms with Gasteiger partial charge in [0.1, 0.15) is 5.60 Å². The fourth-order valence-electron chi connectivity index (χ4n) is 3.45. The molecule has 2 unspecified atom stereocenters. The standard InChI is InChI=1S/C20H31NO3/c1-19(2,3)24-18(23)21-14-15(13-20(21,4)5)11-12-17(22)16-9-7-6-8-10-16/h6-10,15,17,22H,11-14H2,1-5H3. The highest BCUT2D eigenvalue weighted by Crippen LogP contribution is 2.37. The Kier molecular flexibility index (Phi) is 5.59. The molecule has 2 atom stereocenters. The van der Waals surface area contributed by atoms with E-state index in [2.05, 4.69) is 13.8 Å². The van der Waals surface area contributed by atoms with Gasteiger partial charge in [0.25, 0.3) is 0 Å². The second kappa shape index (κ2) is 7.14. The van der Waals surface area contributed by atoms with E-state index in [1.807, 2.05) is 56.0 Å². The molecular formula is C20H31NO3. The molecule has 134 valence electrons. The average molecular weight is 333 g/mol. The lowest BCUT2D eigenvalue weighted by Gasteiger charge is -2.33. The third-order valence-electron chi connectivity index (χ3n) is 4.61. The summed E-state index contributed by atoms with van der Waals surface area (Å²) in [6.07, 6.45) is 1.88. The topological polar surface area (TPSA) is 49.8 Å². The van der Waals surface area contributed by atoms with Crippen LogP contribution >= 0.6 is 0 Å². The quantitative estimate of drug-likeness (QED) is 0.880. The Hall–Kier alpha value is -1.55. The van der Waals surface area contributed by atoms with Crippen molar-refractivity contribution in [3.05, 3.63) is 35.9 Å². The van der Waals surface area contributed by atoms with Gasteiger partial charge in [-0.2, -0.15) is 0 Å². The Morgan fingerprint density at radius 3 is 2.54 bits per heavy atom. The number of carbonyl (C=O) groups is 1. The number of benzene rings is 1. The predicted octanol–water partition coefficient (Wildman–Crippen LogP) is 4.54. The number of hydrogen-bond donors (Lipinski definition) is 1. The molecule has 1 aliphatic heterocycles. The summed E-state index contributed by atoms with van der Waals surface area (Å²) >= 11 is 0.